The van der Waals surface area contributed by atoms with E-state index in [1.165, 1.54) is 5.56 Å². The normalized spacial score (nSPS) is 14.4. The van der Waals surface area contributed by atoms with Gasteiger partial charge in [-0.05, 0) is 37.6 Å². The third-order valence-electron chi connectivity index (χ3n) is 2.78. The molecular weight excluding hydrogens is 214 g/mol. The highest BCUT2D eigenvalue weighted by atomic mass is 16.5. The van der Waals surface area contributed by atoms with Crippen LogP contribution in [0.25, 0.3) is 0 Å². The van der Waals surface area contributed by atoms with Crippen molar-refractivity contribution in [1.29, 1.82) is 0 Å². The van der Waals surface area contributed by atoms with Crippen molar-refractivity contribution in [3.8, 4) is 5.75 Å². The molecule has 0 heterocycles. The van der Waals surface area contributed by atoms with E-state index in [1.54, 1.807) is 0 Å². The van der Waals surface area contributed by atoms with Gasteiger partial charge in [0.1, 0.15) is 12.4 Å². The summed E-state index contributed by atoms with van der Waals surface area (Å²) < 4.78 is 5.55. The van der Waals surface area contributed by atoms with E-state index >= 15 is 0 Å². The van der Waals surface area contributed by atoms with Crippen molar-refractivity contribution in [2.75, 3.05) is 13.2 Å². The van der Waals surface area contributed by atoms with Gasteiger partial charge in [-0.1, -0.05) is 26.0 Å². The van der Waals surface area contributed by atoms with Crippen LogP contribution in [0.5, 0.6) is 5.75 Å². The van der Waals surface area contributed by atoms with Crippen molar-refractivity contribution in [1.82, 2.24) is 5.32 Å². The first-order chi connectivity index (χ1) is 8.17. The fraction of sp³-hybridized carbons (Fsp3) is 0.571. The molecule has 96 valence electrons. The first-order valence-corrected chi connectivity index (χ1v) is 6.31. The predicted octanol–water partition coefficient (Wildman–Crippen LogP) is 2.51. The topological polar surface area (TPSA) is 41.5 Å². The zero-order valence-electron chi connectivity index (χ0n) is 10.9. The Hall–Kier alpha value is -1.06. The van der Waals surface area contributed by atoms with E-state index in [0.717, 1.165) is 12.3 Å². The number of hydrogen-bond acceptors (Lipinski definition) is 3. The van der Waals surface area contributed by atoms with Crippen LogP contribution >= 0.6 is 0 Å². The Morgan fingerprint density at radius 3 is 2.76 bits per heavy atom. The van der Waals surface area contributed by atoms with Gasteiger partial charge in [0.2, 0.25) is 0 Å². The Labute approximate surface area is 104 Å². The van der Waals surface area contributed by atoms with E-state index in [4.69, 9.17) is 4.74 Å². The average molecular weight is 237 g/mol. The van der Waals surface area contributed by atoms with Gasteiger partial charge in [0.05, 0.1) is 6.10 Å². The summed E-state index contributed by atoms with van der Waals surface area (Å²) in [5.74, 6) is 0.819. The third-order valence-corrected chi connectivity index (χ3v) is 2.78. The molecule has 2 unspecified atom stereocenters. The summed E-state index contributed by atoms with van der Waals surface area (Å²) in [6, 6.07) is 8.33. The molecule has 0 radical (unpaired) electrons. The number of aliphatic hydroxyl groups excluding tert-OH is 1. The molecule has 0 bridgehead atoms. The second-order valence-corrected chi connectivity index (χ2v) is 4.22. The van der Waals surface area contributed by atoms with Crippen LogP contribution in [0.2, 0.25) is 0 Å². The molecular formula is C14H23NO2. The lowest BCUT2D eigenvalue weighted by atomic mass is 10.1. The summed E-state index contributed by atoms with van der Waals surface area (Å²) in [4.78, 5) is 0. The molecule has 0 aliphatic rings. The molecule has 0 saturated heterocycles. The molecule has 0 aliphatic heterocycles. The summed E-state index contributed by atoms with van der Waals surface area (Å²) in [6.45, 7) is 7.46. The average Bonchev–Trinajstić information content (AvgIpc) is 2.36. The molecule has 3 nitrogen and oxygen atoms in total. The summed E-state index contributed by atoms with van der Waals surface area (Å²) in [7, 11) is 0. The Balaban J connectivity index is 2.59. The standard InChI is InChI=1S/C14H23NO2/c1-4-13(16)10-17-14-8-6-7-12(9-14)11(3)15-5-2/h6-9,11,13,15-16H,4-5,10H2,1-3H3. The maximum Gasteiger partial charge on any atom is 0.119 e. The molecule has 0 spiro atoms. The van der Waals surface area contributed by atoms with Crippen molar-refractivity contribution >= 4 is 0 Å². The molecule has 1 aromatic rings. The lowest BCUT2D eigenvalue weighted by Crippen LogP contribution is -2.18. The van der Waals surface area contributed by atoms with E-state index in [1.807, 2.05) is 25.1 Å². The quantitative estimate of drug-likeness (QED) is 0.765. The van der Waals surface area contributed by atoms with Gasteiger partial charge < -0.3 is 15.2 Å². The highest BCUT2D eigenvalue weighted by molar-refractivity contribution is 5.30. The molecule has 0 saturated carbocycles. The van der Waals surface area contributed by atoms with Crippen LogP contribution in [-0.4, -0.2) is 24.4 Å². The van der Waals surface area contributed by atoms with Gasteiger partial charge in [-0.3, -0.25) is 0 Å². The van der Waals surface area contributed by atoms with Crippen LogP contribution in [-0.2, 0) is 0 Å². The van der Waals surface area contributed by atoms with Crippen molar-refractivity contribution in [3.05, 3.63) is 29.8 Å². The minimum absolute atomic E-state index is 0.319. The Morgan fingerprint density at radius 1 is 1.35 bits per heavy atom. The van der Waals surface area contributed by atoms with Gasteiger partial charge in [-0.25, -0.2) is 0 Å². The van der Waals surface area contributed by atoms with Crippen LogP contribution in [0.15, 0.2) is 24.3 Å². The third kappa shape index (κ3) is 4.75. The molecule has 2 atom stereocenters. The first kappa shape index (κ1) is 14.0. The molecule has 0 aromatic heterocycles. The zero-order chi connectivity index (χ0) is 12.7. The Morgan fingerprint density at radius 2 is 2.12 bits per heavy atom. The molecule has 0 amide bonds. The molecule has 1 aromatic carbocycles. The zero-order valence-corrected chi connectivity index (χ0v) is 10.9. The first-order valence-electron chi connectivity index (χ1n) is 6.31. The highest BCUT2D eigenvalue weighted by Gasteiger charge is 2.06. The van der Waals surface area contributed by atoms with Crippen molar-refractivity contribution in [2.45, 2.75) is 39.3 Å². The Kier molecular flexibility index (Phi) is 6.01. The van der Waals surface area contributed by atoms with E-state index in [2.05, 4.69) is 25.2 Å². The SMILES string of the molecule is CCNC(C)c1cccc(OCC(O)CC)c1. The van der Waals surface area contributed by atoms with Crippen molar-refractivity contribution in [2.24, 2.45) is 0 Å². The molecule has 0 fully saturated rings. The molecule has 1 rings (SSSR count). The number of nitrogens with one attached hydrogen (secondary N) is 1. The van der Waals surface area contributed by atoms with Crippen LogP contribution in [0, 0.1) is 0 Å². The van der Waals surface area contributed by atoms with E-state index in [9.17, 15) is 5.11 Å². The highest BCUT2D eigenvalue weighted by Crippen LogP contribution is 2.19. The van der Waals surface area contributed by atoms with Crippen molar-refractivity contribution in [3.63, 3.8) is 0 Å². The Bertz CT molecular complexity index is 328. The largest absolute Gasteiger partial charge is 0.491 e. The molecule has 3 heteroatoms. The minimum Gasteiger partial charge on any atom is -0.491 e. The molecule has 2 N–H and O–H groups in total. The number of ether oxygens (including phenoxy) is 1. The fourth-order valence-corrected chi connectivity index (χ4v) is 1.61. The van der Waals surface area contributed by atoms with Crippen LogP contribution in [0.4, 0.5) is 0 Å². The lowest BCUT2D eigenvalue weighted by molar-refractivity contribution is 0.104. The van der Waals surface area contributed by atoms with Gasteiger partial charge in [0.15, 0.2) is 0 Å². The maximum atomic E-state index is 9.44. The van der Waals surface area contributed by atoms with Gasteiger partial charge in [-0.2, -0.15) is 0 Å². The number of rotatable bonds is 7. The van der Waals surface area contributed by atoms with Gasteiger partial charge in [0, 0.05) is 6.04 Å². The second-order valence-electron chi connectivity index (χ2n) is 4.22. The lowest BCUT2D eigenvalue weighted by Gasteiger charge is -2.15. The van der Waals surface area contributed by atoms with Gasteiger partial charge >= 0.3 is 0 Å². The number of hydrogen-bond donors (Lipinski definition) is 2. The van der Waals surface area contributed by atoms with Gasteiger partial charge in [0.25, 0.3) is 0 Å². The summed E-state index contributed by atoms with van der Waals surface area (Å²) in [6.07, 6.45) is 0.331. The van der Waals surface area contributed by atoms with Crippen molar-refractivity contribution < 1.29 is 9.84 Å². The predicted molar refractivity (Wildman–Crippen MR) is 70.3 cm³/mol. The van der Waals surface area contributed by atoms with Crippen LogP contribution < -0.4 is 10.1 Å². The number of benzene rings is 1. The van der Waals surface area contributed by atoms with Crippen LogP contribution in [0.1, 0.15) is 38.8 Å². The summed E-state index contributed by atoms with van der Waals surface area (Å²) >= 11 is 0. The van der Waals surface area contributed by atoms with Crippen LogP contribution in [0.3, 0.4) is 0 Å². The molecule has 17 heavy (non-hydrogen) atoms. The fourth-order valence-electron chi connectivity index (χ4n) is 1.61. The number of aliphatic hydroxyl groups is 1. The molecule has 0 aliphatic carbocycles. The monoisotopic (exact) mass is 237 g/mol. The maximum absolute atomic E-state index is 9.44. The van der Waals surface area contributed by atoms with Gasteiger partial charge in [-0.15, -0.1) is 0 Å². The van der Waals surface area contributed by atoms with E-state index in [-0.39, 0.29) is 6.10 Å². The smallest absolute Gasteiger partial charge is 0.119 e. The summed E-state index contributed by atoms with van der Waals surface area (Å²) in [5, 5.41) is 12.8. The minimum atomic E-state index is -0.384. The van der Waals surface area contributed by atoms with E-state index in [0.29, 0.717) is 19.1 Å². The summed E-state index contributed by atoms with van der Waals surface area (Å²) in [5.41, 5.74) is 1.20. The van der Waals surface area contributed by atoms with E-state index < -0.39 is 0 Å². The second kappa shape index (κ2) is 7.30.